The van der Waals surface area contributed by atoms with Gasteiger partial charge in [-0.2, -0.15) is 4.98 Å². The molecule has 0 aromatic carbocycles. The first-order valence-corrected chi connectivity index (χ1v) is 5.30. The molecule has 0 spiro atoms. The third kappa shape index (κ3) is 2.23. The van der Waals surface area contributed by atoms with E-state index in [-0.39, 0.29) is 0 Å². The van der Waals surface area contributed by atoms with E-state index in [9.17, 15) is 5.11 Å². The van der Waals surface area contributed by atoms with Crippen LogP contribution in [0.5, 0.6) is 0 Å². The summed E-state index contributed by atoms with van der Waals surface area (Å²) in [5, 5.41) is 9.90. The van der Waals surface area contributed by atoms with Crippen molar-refractivity contribution >= 4 is 11.8 Å². The summed E-state index contributed by atoms with van der Waals surface area (Å²) in [4.78, 5) is 10.4. The third-order valence-corrected chi connectivity index (χ3v) is 2.75. The molecule has 0 amide bonds. The topological polar surface area (TPSA) is 87.3 Å². The summed E-state index contributed by atoms with van der Waals surface area (Å²) in [6.45, 7) is 5.12. The molecule has 16 heavy (non-hydrogen) atoms. The van der Waals surface area contributed by atoms with Crippen molar-refractivity contribution in [1.82, 2.24) is 9.97 Å². The van der Waals surface area contributed by atoms with Gasteiger partial charge in [-0.15, -0.1) is 0 Å². The molecule has 1 unspecified atom stereocenters. The van der Waals surface area contributed by atoms with Gasteiger partial charge in [-0.25, -0.2) is 10.8 Å². The van der Waals surface area contributed by atoms with E-state index in [4.69, 9.17) is 5.84 Å². The molecule has 1 aliphatic rings. The summed E-state index contributed by atoms with van der Waals surface area (Å²) < 4.78 is 0. The molecule has 0 aliphatic carbocycles. The Morgan fingerprint density at radius 3 is 2.88 bits per heavy atom. The van der Waals surface area contributed by atoms with Crippen molar-refractivity contribution in [2.45, 2.75) is 25.9 Å². The highest BCUT2D eigenvalue weighted by molar-refractivity contribution is 5.45. The zero-order chi connectivity index (χ0) is 11.8. The summed E-state index contributed by atoms with van der Waals surface area (Å²) in [5.41, 5.74) is 2.66. The Morgan fingerprint density at radius 1 is 1.56 bits per heavy atom. The molecule has 1 aliphatic heterocycles. The fourth-order valence-corrected chi connectivity index (χ4v) is 1.92. The van der Waals surface area contributed by atoms with Crippen LogP contribution in [0, 0.1) is 6.92 Å². The molecule has 6 nitrogen and oxygen atoms in total. The van der Waals surface area contributed by atoms with E-state index in [1.165, 1.54) is 0 Å². The average Bonchev–Trinajstić information content (AvgIpc) is 2.58. The van der Waals surface area contributed by atoms with Gasteiger partial charge in [-0.05, 0) is 20.3 Å². The largest absolute Gasteiger partial charge is 0.388 e. The second-order valence-corrected chi connectivity index (χ2v) is 4.50. The number of nitrogens with one attached hydrogen (secondary N) is 1. The van der Waals surface area contributed by atoms with Crippen LogP contribution >= 0.6 is 0 Å². The number of hydrogen-bond acceptors (Lipinski definition) is 6. The SMILES string of the molecule is Cc1cc(N2CCC(C)(O)C2)nc(NN)n1. The van der Waals surface area contributed by atoms with Gasteiger partial charge in [0, 0.05) is 24.8 Å². The summed E-state index contributed by atoms with van der Waals surface area (Å²) >= 11 is 0. The number of β-amino-alcohol motifs (C(OH)–C–C–N with tert-alkyl or cyclic N) is 1. The summed E-state index contributed by atoms with van der Waals surface area (Å²) in [7, 11) is 0. The number of hydrogen-bond donors (Lipinski definition) is 3. The zero-order valence-corrected chi connectivity index (χ0v) is 9.56. The molecule has 2 heterocycles. The second kappa shape index (κ2) is 3.88. The number of nitrogens with zero attached hydrogens (tertiary/aromatic N) is 3. The Labute approximate surface area is 94.5 Å². The number of nitrogens with two attached hydrogens (primary N) is 1. The van der Waals surface area contributed by atoms with Crippen LogP contribution in [0.4, 0.5) is 11.8 Å². The second-order valence-electron chi connectivity index (χ2n) is 4.50. The van der Waals surface area contributed by atoms with E-state index in [0.717, 1.165) is 24.5 Å². The molecule has 2 rings (SSSR count). The number of aliphatic hydroxyl groups is 1. The van der Waals surface area contributed by atoms with Crippen LogP contribution in [0.3, 0.4) is 0 Å². The predicted octanol–water partition coefficient (Wildman–Crippen LogP) is 0.0317. The van der Waals surface area contributed by atoms with E-state index in [1.54, 1.807) is 0 Å². The van der Waals surface area contributed by atoms with Gasteiger partial charge in [0.2, 0.25) is 5.95 Å². The summed E-state index contributed by atoms with van der Waals surface area (Å²) in [6.07, 6.45) is 0.751. The van der Waals surface area contributed by atoms with Crippen molar-refractivity contribution < 1.29 is 5.11 Å². The van der Waals surface area contributed by atoms with Crippen molar-refractivity contribution in [3.05, 3.63) is 11.8 Å². The Kier molecular flexibility index (Phi) is 2.69. The molecule has 1 aromatic rings. The van der Waals surface area contributed by atoms with E-state index >= 15 is 0 Å². The van der Waals surface area contributed by atoms with Crippen LogP contribution in [0.25, 0.3) is 0 Å². The Morgan fingerprint density at radius 2 is 2.31 bits per heavy atom. The number of aromatic nitrogens is 2. The first-order valence-electron chi connectivity index (χ1n) is 5.30. The maximum Gasteiger partial charge on any atom is 0.239 e. The number of nitrogen functional groups attached to an aromatic ring is 1. The van der Waals surface area contributed by atoms with Crippen LogP contribution in [0.15, 0.2) is 6.07 Å². The summed E-state index contributed by atoms with van der Waals surface area (Å²) in [6, 6.07) is 1.89. The van der Waals surface area contributed by atoms with E-state index in [1.807, 2.05) is 24.8 Å². The van der Waals surface area contributed by atoms with Gasteiger partial charge in [0.1, 0.15) is 5.82 Å². The molecule has 0 saturated carbocycles. The van der Waals surface area contributed by atoms with Crippen LogP contribution in [-0.4, -0.2) is 33.8 Å². The molecule has 1 aromatic heterocycles. The Hall–Kier alpha value is -1.40. The van der Waals surface area contributed by atoms with Crippen LogP contribution in [0.1, 0.15) is 19.0 Å². The van der Waals surface area contributed by atoms with Crippen molar-refractivity contribution in [2.24, 2.45) is 5.84 Å². The highest BCUT2D eigenvalue weighted by Gasteiger charge is 2.32. The molecule has 1 saturated heterocycles. The standard InChI is InChI=1S/C10H17N5O/c1-7-5-8(13-9(12-7)14-11)15-4-3-10(2,16)6-15/h5,16H,3-4,6,11H2,1-2H3,(H,12,13,14). The van der Waals surface area contributed by atoms with Gasteiger partial charge in [-0.3, -0.25) is 5.43 Å². The van der Waals surface area contributed by atoms with Crippen molar-refractivity contribution in [1.29, 1.82) is 0 Å². The van der Waals surface area contributed by atoms with Crippen LogP contribution < -0.4 is 16.2 Å². The monoisotopic (exact) mass is 223 g/mol. The minimum absolute atomic E-state index is 0.404. The van der Waals surface area contributed by atoms with Crippen molar-refractivity contribution in [3.63, 3.8) is 0 Å². The minimum atomic E-state index is -0.630. The molecule has 0 radical (unpaired) electrons. The predicted molar refractivity (Wildman–Crippen MR) is 62.0 cm³/mol. The maximum absolute atomic E-state index is 9.90. The number of rotatable bonds is 2. The summed E-state index contributed by atoms with van der Waals surface area (Å²) in [5.74, 6) is 6.50. The third-order valence-electron chi connectivity index (χ3n) is 2.75. The smallest absolute Gasteiger partial charge is 0.239 e. The van der Waals surface area contributed by atoms with Gasteiger partial charge in [-0.1, -0.05) is 0 Å². The fourth-order valence-electron chi connectivity index (χ4n) is 1.92. The molecule has 1 atom stereocenters. The van der Waals surface area contributed by atoms with Gasteiger partial charge >= 0.3 is 0 Å². The van der Waals surface area contributed by atoms with Gasteiger partial charge in [0.15, 0.2) is 0 Å². The lowest BCUT2D eigenvalue weighted by Gasteiger charge is -2.20. The van der Waals surface area contributed by atoms with Gasteiger partial charge in [0.25, 0.3) is 0 Å². The maximum atomic E-state index is 9.90. The molecule has 88 valence electrons. The Balaban J connectivity index is 2.24. The fraction of sp³-hybridized carbons (Fsp3) is 0.600. The molecule has 6 heteroatoms. The zero-order valence-electron chi connectivity index (χ0n) is 9.56. The van der Waals surface area contributed by atoms with Crippen molar-refractivity contribution in [3.8, 4) is 0 Å². The lowest BCUT2D eigenvalue weighted by Crippen LogP contribution is -2.30. The quantitative estimate of drug-likeness (QED) is 0.484. The lowest BCUT2D eigenvalue weighted by molar-refractivity contribution is 0.0839. The number of hydrazine groups is 1. The minimum Gasteiger partial charge on any atom is -0.388 e. The lowest BCUT2D eigenvalue weighted by atomic mass is 10.1. The molecular formula is C10H17N5O. The first kappa shape index (κ1) is 11.1. The highest BCUT2D eigenvalue weighted by Crippen LogP contribution is 2.25. The highest BCUT2D eigenvalue weighted by atomic mass is 16.3. The van der Waals surface area contributed by atoms with Gasteiger partial charge < -0.3 is 10.0 Å². The Bertz CT molecular complexity index is 393. The molecule has 4 N–H and O–H groups in total. The van der Waals surface area contributed by atoms with Crippen LogP contribution in [0.2, 0.25) is 0 Å². The first-order chi connectivity index (χ1) is 7.50. The van der Waals surface area contributed by atoms with Gasteiger partial charge in [0.05, 0.1) is 5.60 Å². The molecular weight excluding hydrogens is 206 g/mol. The van der Waals surface area contributed by atoms with E-state index in [0.29, 0.717) is 12.5 Å². The van der Waals surface area contributed by atoms with E-state index < -0.39 is 5.60 Å². The normalized spacial score (nSPS) is 24.9. The van der Waals surface area contributed by atoms with Crippen LogP contribution in [-0.2, 0) is 0 Å². The van der Waals surface area contributed by atoms with E-state index in [2.05, 4.69) is 15.4 Å². The average molecular weight is 223 g/mol. The number of aryl methyl sites for hydroxylation is 1. The number of anilines is 2. The van der Waals surface area contributed by atoms with Crippen molar-refractivity contribution in [2.75, 3.05) is 23.4 Å². The molecule has 0 bridgehead atoms. The molecule has 1 fully saturated rings.